The van der Waals surface area contributed by atoms with E-state index in [0.717, 1.165) is 15.3 Å². The van der Waals surface area contributed by atoms with Gasteiger partial charge in [0.2, 0.25) is 21.2 Å². The Bertz CT molecular complexity index is 1270. The second-order valence-electron chi connectivity index (χ2n) is 6.53. The van der Waals surface area contributed by atoms with Crippen LogP contribution in [0.3, 0.4) is 0 Å². The molecular weight excluding hydrogens is 426 g/mol. The van der Waals surface area contributed by atoms with Gasteiger partial charge in [-0.3, -0.25) is 0 Å². The van der Waals surface area contributed by atoms with Gasteiger partial charge >= 0.3 is 0 Å². The molecule has 2 heterocycles. The molecular formula is C21H18ClN3O4S. The zero-order chi connectivity index (χ0) is 21.1. The van der Waals surface area contributed by atoms with Crippen LogP contribution in [-0.2, 0) is 22.4 Å². The van der Waals surface area contributed by atoms with Crippen LogP contribution in [0.2, 0.25) is 5.28 Å². The van der Waals surface area contributed by atoms with E-state index in [4.69, 9.17) is 21.1 Å². The number of hydrogen-bond acceptors (Lipinski definition) is 6. The maximum Gasteiger partial charge on any atom is 0.244 e. The summed E-state index contributed by atoms with van der Waals surface area (Å²) in [7, 11) is -2.11. The number of hydrogen-bond donors (Lipinski definition) is 0. The molecule has 154 valence electrons. The average molecular weight is 444 g/mol. The van der Waals surface area contributed by atoms with Crippen molar-refractivity contribution in [2.45, 2.75) is 12.4 Å². The number of benzene rings is 2. The number of rotatable bonds is 7. The molecule has 4 rings (SSSR count). The van der Waals surface area contributed by atoms with E-state index in [1.165, 1.54) is 6.20 Å². The molecule has 0 saturated carbocycles. The number of halogens is 1. The monoisotopic (exact) mass is 443 g/mol. The van der Waals surface area contributed by atoms with E-state index in [2.05, 4.69) is 9.97 Å². The summed E-state index contributed by atoms with van der Waals surface area (Å²) < 4.78 is 38.0. The molecule has 0 N–H and O–H groups in total. The maximum atomic E-state index is 12.9. The Morgan fingerprint density at radius 1 is 0.967 bits per heavy atom. The first-order valence-electron chi connectivity index (χ1n) is 9.04. The number of ether oxygens (including phenoxy) is 2. The molecule has 0 radical (unpaired) electrons. The lowest BCUT2D eigenvalue weighted by atomic mass is 10.2. The van der Waals surface area contributed by atoms with E-state index in [1.54, 1.807) is 37.4 Å². The fraction of sp³-hybridized carbons (Fsp3) is 0.143. The van der Waals surface area contributed by atoms with Gasteiger partial charge in [-0.25, -0.2) is 12.4 Å². The fourth-order valence-electron chi connectivity index (χ4n) is 3.00. The molecule has 0 spiro atoms. The lowest BCUT2D eigenvalue weighted by molar-refractivity contribution is 0.297. The van der Waals surface area contributed by atoms with E-state index in [1.807, 2.05) is 30.3 Å². The summed E-state index contributed by atoms with van der Waals surface area (Å²) in [5.41, 5.74) is 1.75. The van der Waals surface area contributed by atoms with Gasteiger partial charge < -0.3 is 9.47 Å². The van der Waals surface area contributed by atoms with Crippen LogP contribution in [0.4, 0.5) is 0 Å². The highest BCUT2D eigenvalue weighted by molar-refractivity contribution is 7.89. The number of methoxy groups -OCH3 is 1. The van der Waals surface area contributed by atoms with E-state index in [9.17, 15) is 8.42 Å². The molecule has 0 fully saturated rings. The topological polar surface area (TPSA) is 83.3 Å². The van der Waals surface area contributed by atoms with Crippen LogP contribution in [0.25, 0.3) is 11.0 Å². The highest BCUT2D eigenvalue weighted by Gasteiger charge is 2.21. The van der Waals surface area contributed by atoms with E-state index in [-0.39, 0.29) is 29.2 Å². The molecule has 7 nitrogen and oxygen atoms in total. The molecule has 0 saturated heterocycles. The first-order valence-corrected chi connectivity index (χ1v) is 11.0. The van der Waals surface area contributed by atoms with Crippen LogP contribution in [0.5, 0.6) is 11.6 Å². The van der Waals surface area contributed by atoms with Gasteiger partial charge in [-0.1, -0.05) is 42.5 Å². The third-order valence-electron chi connectivity index (χ3n) is 4.47. The Morgan fingerprint density at radius 3 is 2.40 bits per heavy atom. The van der Waals surface area contributed by atoms with Gasteiger partial charge in [0.25, 0.3) is 0 Å². The second kappa shape index (κ2) is 8.33. The van der Waals surface area contributed by atoms with Crippen LogP contribution in [0, 0.1) is 0 Å². The Hall–Kier alpha value is -3.10. The summed E-state index contributed by atoms with van der Waals surface area (Å²) in [5, 5.41) is 0.367. The van der Waals surface area contributed by atoms with E-state index < -0.39 is 10.0 Å². The number of nitrogens with zero attached hydrogens (tertiary/aromatic N) is 3. The largest absolute Gasteiger partial charge is 0.497 e. The standard InChI is InChI=1S/C21H18ClN3O4S/c1-28-17-9-7-15(8-10-17)13-29-20-18-11-12-25(19(18)23-21(22)24-20)30(26,27)14-16-5-3-2-4-6-16/h2-12H,13-14H2,1H3. The van der Waals surface area contributed by atoms with Crippen molar-refractivity contribution in [2.24, 2.45) is 0 Å². The highest BCUT2D eigenvalue weighted by Crippen LogP contribution is 2.28. The van der Waals surface area contributed by atoms with Crippen LogP contribution in [0.15, 0.2) is 66.9 Å². The molecule has 0 aliphatic rings. The minimum Gasteiger partial charge on any atom is -0.497 e. The first kappa shape index (κ1) is 20.2. The summed E-state index contributed by atoms with van der Waals surface area (Å²) in [5.74, 6) is 0.794. The Labute approximate surface area is 178 Å². The van der Waals surface area contributed by atoms with Crippen molar-refractivity contribution in [3.63, 3.8) is 0 Å². The smallest absolute Gasteiger partial charge is 0.244 e. The average Bonchev–Trinajstić information content (AvgIpc) is 3.17. The van der Waals surface area contributed by atoms with Gasteiger partial charge in [0.1, 0.15) is 12.4 Å². The normalized spacial score (nSPS) is 11.5. The van der Waals surface area contributed by atoms with Gasteiger partial charge in [0.15, 0.2) is 5.65 Å². The van der Waals surface area contributed by atoms with Gasteiger partial charge in [0.05, 0.1) is 18.2 Å². The summed E-state index contributed by atoms with van der Waals surface area (Å²) >= 11 is 6.06. The van der Waals surface area contributed by atoms with Crippen LogP contribution < -0.4 is 9.47 Å². The second-order valence-corrected chi connectivity index (χ2v) is 8.71. The molecule has 0 amide bonds. The molecule has 2 aromatic carbocycles. The summed E-state index contributed by atoms with van der Waals surface area (Å²) in [4.78, 5) is 8.25. The third kappa shape index (κ3) is 4.24. The zero-order valence-electron chi connectivity index (χ0n) is 16.0. The Balaban J connectivity index is 1.64. The van der Waals surface area contributed by atoms with E-state index in [0.29, 0.717) is 10.9 Å². The summed E-state index contributed by atoms with van der Waals surface area (Å²) in [6.07, 6.45) is 1.44. The van der Waals surface area contributed by atoms with Crippen LogP contribution in [0.1, 0.15) is 11.1 Å². The van der Waals surface area contributed by atoms with Crippen molar-refractivity contribution in [1.29, 1.82) is 0 Å². The highest BCUT2D eigenvalue weighted by atomic mass is 35.5. The summed E-state index contributed by atoms with van der Waals surface area (Å²) in [6.45, 7) is 0.231. The predicted molar refractivity (Wildman–Crippen MR) is 114 cm³/mol. The Kier molecular flexibility index (Phi) is 5.61. The molecule has 0 aliphatic heterocycles. The molecule has 0 bridgehead atoms. The summed E-state index contributed by atoms with van der Waals surface area (Å²) in [6, 6.07) is 17.9. The Morgan fingerprint density at radius 2 is 1.70 bits per heavy atom. The lowest BCUT2D eigenvalue weighted by Crippen LogP contribution is -2.14. The van der Waals surface area contributed by atoms with Crippen LogP contribution >= 0.6 is 11.6 Å². The van der Waals surface area contributed by atoms with Crippen molar-refractivity contribution in [2.75, 3.05) is 7.11 Å². The van der Waals surface area contributed by atoms with Crippen molar-refractivity contribution in [3.05, 3.63) is 83.3 Å². The lowest BCUT2D eigenvalue weighted by Gasteiger charge is -2.10. The number of aromatic nitrogens is 3. The maximum absolute atomic E-state index is 12.9. The van der Waals surface area contributed by atoms with Gasteiger partial charge in [-0.05, 0) is 40.9 Å². The molecule has 2 aromatic heterocycles. The SMILES string of the molecule is COc1ccc(COc2nc(Cl)nc3c2ccn3S(=O)(=O)Cc2ccccc2)cc1. The van der Waals surface area contributed by atoms with Crippen molar-refractivity contribution in [3.8, 4) is 11.6 Å². The fourth-order valence-corrected chi connectivity index (χ4v) is 4.56. The molecule has 30 heavy (non-hydrogen) atoms. The van der Waals surface area contributed by atoms with Crippen LogP contribution in [-0.4, -0.2) is 29.5 Å². The molecule has 0 unspecified atom stereocenters. The molecule has 4 aromatic rings. The van der Waals surface area contributed by atoms with Gasteiger partial charge in [-0.2, -0.15) is 9.97 Å². The van der Waals surface area contributed by atoms with Crippen molar-refractivity contribution < 1.29 is 17.9 Å². The molecule has 9 heteroatoms. The van der Waals surface area contributed by atoms with Crippen molar-refractivity contribution >= 4 is 32.7 Å². The van der Waals surface area contributed by atoms with E-state index >= 15 is 0 Å². The first-order chi connectivity index (χ1) is 14.5. The predicted octanol–water partition coefficient (Wildman–Crippen LogP) is 4.05. The van der Waals surface area contributed by atoms with Gasteiger partial charge in [0, 0.05) is 6.20 Å². The van der Waals surface area contributed by atoms with Gasteiger partial charge in [-0.15, -0.1) is 0 Å². The minimum atomic E-state index is -3.71. The minimum absolute atomic E-state index is 0.0953. The van der Waals surface area contributed by atoms with Crippen molar-refractivity contribution in [1.82, 2.24) is 13.9 Å². The zero-order valence-corrected chi connectivity index (χ0v) is 17.6. The number of fused-ring (bicyclic) bond motifs is 1. The molecule has 0 atom stereocenters. The third-order valence-corrected chi connectivity index (χ3v) is 6.24. The molecule has 0 aliphatic carbocycles. The quantitative estimate of drug-likeness (QED) is 0.401.